The third-order valence-corrected chi connectivity index (χ3v) is 11.7. The molecule has 0 heterocycles. The van der Waals surface area contributed by atoms with Crippen molar-refractivity contribution < 1.29 is 32.3 Å². The predicted octanol–water partition coefficient (Wildman–Crippen LogP) is 7.17. The van der Waals surface area contributed by atoms with Gasteiger partial charge in [0.2, 0.25) is 0 Å². The van der Waals surface area contributed by atoms with Crippen LogP contribution in [0.5, 0.6) is 0 Å². The van der Waals surface area contributed by atoms with Crippen LogP contribution in [0.15, 0.2) is 95.9 Å². The number of esters is 2. The summed E-state index contributed by atoms with van der Waals surface area (Å²) in [5.41, 5.74) is -2.53. The fraction of sp³-hybridized carbons (Fsp3) is 0.395. The molecule has 0 spiro atoms. The molecular formula is C38H42O7S. The Morgan fingerprint density at radius 2 is 1.02 bits per heavy atom. The zero-order chi connectivity index (χ0) is 33.9. The van der Waals surface area contributed by atoms with Crippen LogP contribution in [0.25, 0.3) is 11.1 Å². The van der Waals surface area contributed by atoms with Crippen LogP contribution in [0.1, 0.15) is 66.5 Å². The van der Waals surface area contributed by atoms with Gasteiger partial charge in [-0.15, -0.1) is 0 Å². The van der Waals surface area contributed by atoms with E-state index in [9.17, 15) is 18.0 Å². The number of carbonyl (C=O) groups is 3. The van der Waals surface area contributed by atoms with Crippen molar-refractivity contribution in [2.45, 2.75) is 71.8 Å². The van der Waals surface area contributed by atoms with Crippen LogP contribution in [-0.4, -0.2) is 37.7 Å². The first-order valence-corrected chi connectivity index (χ1v) is 17.0. The summed E-state index contributed by atoms with van der Waals surface area (Å²) in [6, 6.07) is 26.6. The van der Waals surface area contributed by atoms with Gasteiger partial charge in [-0.25, -0.2) is 8.42 Å². The summed E-state index contributed by atoms with van der Waals surface area (Å²) in [6.07, 6.45) is -1.69. The van der Waals surface area contributed by atoms with Gasteiger partial charge in [-0.3, -0.25) is 14.4 Å². The molecule has 2 aliphatic rings. The number of rotatable bonds is 7. The molecule has 1 saturated carbocycles. The topological polar surface area (TPSA) is 104 Å². The molecule has 242 valence electrons. The zero-order valence-electron chi connectivity index (χ0n) is 27.7. The second kappa shape index (κ2) is 11.3. The quantitative estimate of drug-likeness (QED) is 0.199. The number of sulfone groups is 1. The molecule has 0 saturated heterocycles. The number of hydrogen-bond acceptors (Lipinski definition) is 7. The SMILES string of the molecule is CC(C)(C)C(=O)OC(OC(=O)C(C)(C)C)C1C(S(=O)(=O)c2ccccc2)C2(C)C(=O)[C@@]1(C)C(c1ccccc1)=C2c1ccccc1. The Morgan fingerprint density at radius 3 is 1.41 bits per heavy atom. The van der Waals surface area contributed by atoms with Gasteiger partial charge in [-0.1, -0.05) is 78.9 Å². The van der Waals surface area contributed by atoms with Gasteiger partial charge >= 0.3 is 11.9 Å². The van der Waals surface area contributed by atoms with E-state index in [1.807, 2.05) is 60.7 Å². The summed E-state index contributed by atoms with van der Waals surface area (Å²) >= 11 is 0. The molecular weight excluding hydrogens is 600 g/mol. The molecule has 2 bridgehead atoms. The Kier molecular flexibility index (Phi) is 8.21. The smallest absolute Gasteiger partial charge is 0.314 e. The summed E-state index contributed by atoms with van der Waals surface area (Å²) < 4.78 is 42.0. The molecule has 8 heteroatoms. The van der Waals surface area contributed by atoms with Crippen molar-refractivity contribution in [2.24, 2.45) is 27.6 Å². The summed E-state index contributed by atoms with van der Waals surface area (Å²) in [5, 5.41) is -1.45. The molecule has 3 aromatic carbocycles. The molecule has 0 aliphatic heterocycles. The predicted molar refractivity (Wildman–Crippen MR) is 177 cm³/mol. The Labute approximate surface area is 271 Å². The molecule has 0 radical (unpaired) electrons. The second-order valence-electron chi connectivity index (χ2n) is 14.7. The standard InChI is InChI=1S/C38H42O7S/c1-35(2,3)33(40)44-31(45-34(41)36(4,5)6)29-30(46(42,43)26-22-16-11-17-23-26)38(8)28(25-20-14-10-15-21-25)27(37(29,7)32(38)39)24-18-12-9-13-19-24/h9-23,29-31H,1-8H3/t29?,30?,37-,38?/m0/s1. The largest absolute Gasteiger partial charge is 0.424 e. The Morgan fingerprint density at radius 1 is 0.652 bits per heavy atom. The van der Waals surface area contributed by atoms with Crippen molar-refractivity contribution in [3.8, 4) is 0 Å². The average Bonchev–Trinajstić information content (AvgIpc) is 3.30. The molecule has 1 fully saturated rings. The summed E-state index contributed by atoms with van der Waals surface area (Å²) in [4.78, 5) is 42.3. The van der Waals surface area contributed by atoms with Gasteiger partial charge < -0.3 is 9.47 Å². The molecule has 3 aromatic rings. The first-order valence-electron chi connectivity index (χ1n) is 15.5. The molecule has 7 nitrogen and oxygen atoms in total. The van der Waals surface area contributed by atoms with E-state index in [2.05, 4.69) is 0 Å². The van der Waals surface area contributed by atoms with E-state index >= 15 is 4.79 Å². The lowest BCUT2D eigenvalue weighted by molar-refractivity contribution is -0.213. The maximum absolute atomic E-state index is 15.2. The number of Topliss-reactive ketones (excluding diaryl/α,β-unsaturated/α-hetero) is 1. The molecule has 3 unspecified atom stereocenters. The number of fused-ring (bicyclic) bond motifs is 2. The normalized spacial score (nSPS) is 24.8. The number of ketones is 1. The van der Waals surface area contributed by atoms with Crippen LogP contribution in [0.2, 0.25) is 0 Å². The molecule has 0 aromatic heterocycles. The van der Waals surface area contributed by atoms with Gasteiger partial charge in [0.15, 0.2) is 15.6 Å². The highest BCUT2D eigenvalue weighted by Gasteiger charge is 2.77. The summed E-state index contributed by atoms with van der Waals surface area (Å²) in [5.74, 6) is -2.99. The number of benzene rings is 3. The van der Waals surface area contributed by atoms with E-state index in [1.165, 1.54) is 12.1 Å². The molecule has 0 N–H and O–H groups in total. The zero-order valence-corrected chi connectivity index (χ0v) is 28.5. The van der Waals surface area contributed by atoms with Crippen LogP contribution in [0, 0.1) is 27.6 Å². The average molecular weight is 643 g/mol. The molecule has 4 atom stereocenters. The lowest BCUT2D eigenvalue weighted by Crippen LogP contribution is -2.52. The Bertz CT molecular complexity index is 1770. The van der Waals surface area contributed by atoms with Crippen LogP contribution in [-0.2, 0) is 33.7 Å². The van der Waals surface area contributed by atoms with E-state index in [-0.39, 0.29) is 10.7 Å². The van der Waals surface area contributed by atoms with Crippen molar-refractivity contribution >= 4 is 38.7 Å². The fourth-order valence-electron chi connectivity index (χ4n) is 7.05. The lowest BCUT2D eigenvalue weighted by atomic mass is 9.66. The van der Waals surface area contributed by atoms with E-state index < -0.39 is 60.9 Å². The second-order valence-corrected chi connectivity index (χ2v) is 16.8. The molecule has 0 amide bonds. The number of allylic oxidation sites excluding steroid dienone is 2. The van der Waals surface area contributed by atoms with Crippen LogP contribution in [0.4, 0.5) is 0 Å². The van der Waals surface area contributed by atoms with Crippen LogP contribution in [0.3, 0.4) is 0 Å². The van der Waals surface area contributed by atoms with Gasteiger partial charge in [0.05, 0.1) is 37.7 Å². The minimum absolute atomic E-state index is 0.0203. The lowest BCUT2D eigenvalue weighted by Gasteiger charge is -2.44. The maximum Gasteiger partial charge on any atom is 0.314 e. The molecule has 2 aliphatic carbocycles. The van der Waals surface area contributed by atoms with Crippen molar-refractivity contribution in [3.05, 3.63) is 102 Å². The number of carbonyl (C=O) groups excluding carboxylic acids is 3. The maximum atomic E-state index is 15.2. The van der Waals surface area contributed by atoms with Crippen molar-refractivity contribution in [1.29, 1.82) is 0 Å². The number of hydrogen-bond donors (Lipinski definition) is 0. The van der Waals surface area contributed by atoms with Crippen LogP contribution < -0.4 is 0 Å². The summed E-state index contributed by atoms with van der Waals surface area (Å²) in [7, 11) is -4.32. The minimum atomic E-state index is -4.32. The van der Waals surface area contributed by atoms with Crippen molar-refractivity contribution in [1.82, 2.24) is 0 Å². The van der Waals surface area contributed by atoms with E-state index in [0.29, 0.717) is 16.7 Å². The van der Waals surface area contributed by atoms with Crippen molar-refractivity contribution in [3.63, 3.8) is 0 Å². The van der Waals surface area contributed by atoms with Gasteiger partial charge in [0.25, 0.3) is 6.29 Å². The Balaban J connectivity index is 1.89. The van der Waals surface area contributed by atoms with Gasteiger partial charge in [-0.05, 0) is 89.8 Å². The first kappa shape index (κ1) is 33.3. The van der Waals surface area contributed by atoms with E-state index in [0.717, 1.165) is 5.56 Å². The third kappa shape index (κ3) is 5.20. The highest BCUT2D eigenvalue weighted by Crippen LogP contribution is 2.72. The molecule has 5 rings (SSSR count). The Hall–Kier alpha value is -4.04. The van der Waals surface area contributed by atoms with E-state index in [4.69, 9.17) is 9.47 Å². The third-order valence-electron chi connectivity index (χ3n) is 9.29. The molecule has 46 heavy (non-hydrogen) atoms. The highest BCUT2D eigenvalue weighted by molar-refractivity contribution is 7.92. The van der Waals surface area contributed by atoms with Gasteiger partial charge in [0.1, 0.15) is 0 Å². The van der Waals surface area contributed by atoms with Crippen molar-refractivity contribution in [2.75, 3.05) is 0 Å². The van der Waals surface area contributed by atoms with Gasteiger partial charge in [0, 0.05) is 0 Å². The van der Waals surface area contributed by atoms with Crippen LogP contribution >= 0.6 is 0 Å². The number of ether oxygens (including phenoxy) is 2. The fourth-order valence-corrected chi connectivity index (χ4v) is 9.51. The van der Waals surface area contributed by atoms with E-state index in [1.54, 1.807) is 73.6 Å². The monoisotopic (exact) mass is 642 g/mol. The first-order chi connectivity index (χ1) is 21.4. The minimum Gasteiger partial charge on any atom is -0.424 e. The summed E-state index contributed by atoms with van der Waals surface area (Å²) in [6.45, 7) is 13.3. The van der Waals surface area contributed by atoms with Gasteiger partial charge in [-0.2, -0.15) is 0 Å². The highest BCUT2D eigenvalue weighted by atomic mass is 32.2.